The molecule has 0 aliphatic heterocycles. The van der Waals surface area contributed by atoms with Crippen molar-refractivity contribution >= 4 is 0 Å². The maximum absolute atomic E-state index is 2.23. The third-order valence-corrected chi connectivity index (χ3v) is 2.50. The molecule has 84 valence electrons. The lowest BCUT2D eigenvalue weighted by Gasteiger charge is -1.98. The van der Waals surface area contributed by atoms with Crippen LogP contribution in [0.1, 0.15) is 12.0 Å². The van der Waals surface area contributed by atoms with Crippen molar-refractivity contribution in [3.63, 3.8) is 0 Å². The molecule has 2 heteroatoms. The summed E-state index contributed by atoms with van der Waals surface area (Å²) in [7, 11) is 0. The van der Waals surface area contributed by atoms with Crippen LogP contribution in [0.2, 0.25) is 0 Å². The highest BCUT2D eigenvalue weighted by molar-refractivity contribution is 5.14. The highest BCUT2D eigenvalue weighted by Crippen LogP contribution is 2.01. The van der Waals surface area contributed by atoms with E-state index in [1.165, 1.54) is 12.0 Å². The minimum atomic E-state index is 0. The first-order chi connectivity index (χ1) is 7.45. The Balaban J connectivity index is 0.00000128. The van der Waals surface area contributed by atoms with Gasteiger partial charge in [-0.2, -0.15) is 0 Å². The van der Waals surface area contributed by atoms with Crippen LogP contribution < -0.4 is 21.5 Å². The van der Waals surface area contributed by atoms with Crippen molar-refractivity contribution in [2.24, 2.45) is 0 Å². The van der Waals surface area contributed by atoms with E-state index in [2.05, 4.69) is 59.4 Å². The molecule has 0 unspecified atom stereocenters. The van der Waals surface area contributed by atoms with Gasteiger partial charge in [-0.3, -0.25) is 0 Å². The Labute approximate surface area is 108 Å². The van der Waals surface area contributed by atoms with Gasteiger partial charge in [0, 0.05) is 18.6 Å². The summed E-state index contributed by atoms with van der Waals surface area (Å²) in [4.78, 5) is 0. The fraction of sp³-hybridized carbons (Fsp3) is 0.214. The number of aromatic nitrogens is 1. The zero-order valence-electron chi connectivity index (χ0n) is 9.22. The van der Waals surface area contributed by atoms with Gasteiger partial charge in [0.1, 0.15) is 6.54 Å². The van der Waals surface area contributed by atoms with Crippen molar-refractivity contribution < 1.29 is 21.5 Å². The zero-order chi connectivity index (χ0) is 10.3. The summed E-state index contributed by atoms with van der Waals surface area (Å²) in [5.41, 5.74) is 1.43. The van der Waals surface area contributed by atoms with Crippen molar-refractivity contribution in [1.29, 1.82) is 0 Å². The fourth-order valence-corrected chi connectivity index (χ4v) is 1.69. The van der Waals surface area contributed by atoms with Gasteiger partial charge < -0.3 is 17.0 Å². The average Bonchev–Trinajstić information content (AvgIpc) is 2.32. The van der Waals surface area contributed by atoms with Gasteiger partial charge in [-0.25, -0.2) is 4.57 Å². The second kappa shape index (κ2) is 7.18. The van der Waals surface area contributed by atoms with Crippen molar-refractivity contribution in [3.8, 4) is 0 Å². The molecular weight excluding hydrogens is 262 g/mol. The molecule has 0 bridgehead atoms. The molecule has 0 radical (unpaired) electrons. The van der Waals surface area contributed by atoms with Gasteiger partial charge in [0.15, 0.2) is 12.4 Å². The number of hydrogen-bond acceptors (Lipinski definition) is 0. The van der Waals surface area contributed by atoms with E-state index < -0.39 is 0 Å². The molecule has 2 aromatic rings. The normalized spacial score (nSPS) is 9.50. The molecule has 0 spiro atoms. The minimum absolute atomic E-state index is 0. The van der Waals surface area contributed by atoms with Gasteiger partial charge in [0.25, 0.3) is 0 Å². The predicted molar refractivity (Wildman–Crippen MR) is 61.4 cm³/mol. The van der Waals surface area contributed by atoms with Crippen LogP contribution in [-0.2, 0) is 13.0 Å². The van der Waals surface area contributed by atoms with E-state index in [1.807, 2.05) is 6.07 Å². The van der Waals surface area contributed by atoms with Gasteiger partial charge in [-0.1, -0.05) is 36.4 Å². The Bertz CT molecular complexity index is 346. The minimum Gasteiger partial charge on any atom is -1.00 e. The lowest BCUT2D eigenvalue weighted by Crippen LogP contribution is -3.00. The lowest BCUT2D eigenvalue weighted by molar-refractivity contribution is -0.697. The third-order valence-electron chi connectivity index (χ3n) is 2.50. The Hall–Kier alpha value is -1.15. The topological polar surface area (TPSA) is 3.88 Å². The van der Waals surface area contributed by atoms with Crippen molar-refractivity contribution in [2.75, 3.05) is 0 Å². The Morgan fingerprint density at radius 3 is 2.12 bits per heavy atom. The maximum atomic E-state index is 2.23. The Morgan fingerprint density at radius 2 is 1.44 bits per heavy atom. The molecule has 0 amide bonds. The molecular formula is C14H16BrN. The molecule has 0 atom stereocenters. The summed E-state index contributed by atoms with van der Waals surface area (Å²) in [5, 5.41) is 0. The number of hydrogen-bond donors (Lipinski definition) is 0. The van der Waals surface area contributed by atoms with Crippen LogP contribution in [0.5, 0.6) is 0 Å². The van der Waals surface area contributed by atoms with E-state index in [1.54, 1.807) is 0 Å². The van der Waals surface area contributed by atoms with Crippen LogP contribution in [-0.4, -0.2) is 0 Å². The molecule has 1 aromatic heterocycles. The summed E-state index contributed by atoms with van der Waals surface area (Å²) in [6.45, 7) is 1.09. The van der Waals surface area contributed by atoms with Gasteiger partial charge in [0.05, 0.1) is 0 Å². The number of pyridine rings is 1. The molecule has 1 heterocycles. The quantitative estimate of drug-likeness (QED) is 0.671. The number of benzene rings is 1. The van der Waals surface area contributed by atoms with Crippen molar-refractivity contribution in [3.05, 3.63) is 66.5 Å². The molecule has 0 aliphatic rings. The molecule has 0 fully saturated rings. The molecule has 1 aromatic carbocycles. The molecule has 16 heavy (non-hydrogen) atoms. The van der Waals surface area contributed by atoms with E-state index in [4.69, 9.17) is 0 Å². The molecule has 0 saturated carbocycles. The third kappa shape index (κ3) is 4.15. The first-order valence-electron chi connectivity index (χ1n) is 5.43. The number of nitrogens with zero attached hydrogens (tertiary/aromatic N) is 1. The van der Waals surface area contributed by atoms with Crippen LogP contribution in [0.25, 0.3) is 0 Å². The van der Waals surface area contributed by atoms with Crippen molar-refractivity contribution in [2.45, 2.75) is 19.4 Å². The molecule has 0 N–H and O–H groups in total. The van der Waals surface area contributed by atoms with Crippen LogP contribution in [0, 0.1) is 0 Å². The molecule has 0 aliphatic carbocycles. The Kier molecular flexibility index (Phi) is 5.79. The second-order valence-corrected chi connectivity index (χ2v) is 3.70. The van der Waals surface area contributed by atoms with Crippen LogP contribution in [0.15, 0.2) is 60.9 Å². The van der Waals surface area contributed by atoms with E-state index in [0.29, 0.717) is 0 Å². The smallest absolute Gasteiger partial charge is 0.168 e. The monoisotopic (exact) mass is 277 g/mol. The average molecular weight is 278 g/mol. The standard InChI is InChI=1S/C14H16N.BrH/c1-3-8-14(9-4-1)10-7-13-15-11-5-2-6-12-15;/h1-6,8-9,11-12H,7,10,13H2;1H/q+1;/p-1. The van der Waals surface area contributed by atoms with Crippen LogP contribution in [0.3, 0.4) is 0 Å². The molecule has 2 rings (SSSR count). The van der Waals surface area contributed by atoms with Gasteiger partial charge in [-0.15, -0.1) is 0 Å². The first kappa shape index (κ1) is 12.9. The summed E-state index contributed by atoms with van der Waals surface area (Å²) in [5.74, 6) is 0. The highest BCUT2D eigenvalue weighted by atomic mass is 79.9. The van der Waals surface area contributed by atoms with Crippen molar-refractivity contribution in [1.82, 2.24) is 0 Å². The zero-order valence-corrected chi connectivity index (χ0v) is 10.8. The van der Waals surface area contributed by atoms with Gasteiger partial charge in [-0.05, 0) is 12.0 Å². The Morgan fingerprint density at radius 1 is 0.812 bits per heavy atom. The summed E-state index contributed by atoms with van der Waals surface area (Å²) in [6, 6.07) is 16.8. The highest BCUT2D eigenvalue weighted by Gasteiger charge is 1.98. The fourth-order valence-electron chi connectivity index (χ4n) is 1.69. The van der Waals surface area contributed by atoms with E-state index in [-0.39, 0.29) is 17.0 Å². The van der Waals surface area contributed by atoms with E-state index >= 15 is 0 Å². The van der Waals surface area contributed by atoms with Crippen LogP contribution in [0.4, 0.5) is 0 Å². The summed E-state index contributed by atoms with van der Waals surface area (Å²) >= 11 is 0. The summed E-state index contributed by atoms with van der Waals surface area (Å²) in [6.07, 6.45) is 6.58. The van der Waals surface area contributed by atoms with Gasteiger partial charge in [0.2, 0.25) is 0 Å². The van der Waals surface area contributed by atoms with Gasteiger partial charge >= 0.3 is 0 Å². The number of rotatable bonds is 4. The van der Waals surface area contributed by atoms with E-state index in [0.717, 1.165) is 13.0 Å². The number of aryl methyl sites for hydroxylation is 2. The largest absolute Gasteiger partial charge is 1.00 e. The maximum Gasteiger partial charge on any atom is 0.168 e. The molecule has 0 saturated heterocycles. The number of halogens is 1. The molecule has 1 nitrogen and oxygen atoms in total. The predicted octanol–water partition coefficient (Wildman–Crippen LogP) is -0.389. The second-order valence-electron chi connectivity index (χ2n) is 3.70. The first-order valence-corrected chi connectivity index (χ1v) is 5.43. The van der Waals surface area contributed by atoms with E-state index in [9.17, 15) is 0 Å². The summed E-state index contributed by atoms with van der Waals surface area (Å²) < 4.78 is 2.23. The van der Waals surface area contributed by atoms with Crippen LogP contribution >= 0.6 is 0 Å². The lowest BCUT2D eigenvalue weighted by atomic mass is 10.1. The SMILES string of the molecule is [Br-].c1ccc(CCC[n+]2ccccc2)cc1.